The lowest BCUT2D eigenvalue weighted by Crippen LogP contribution is -2.30. The topological polar surface area (TPSA) is 41.9 Å². The summed E-state index contributed by atoms with van der Waals surface area (Å²) in [5, 5.41) is 8.87. The number of aliphatic hydroxyl groups is 1. The van der Waals surface area contributed by atoms with Gasteiger partial charge >= 0.3 is 0 Å². The summed E-state index contributed by atoms with van der Waals surface area (Å²) in [5.74, 6) is -0.434. The van der Waals surface area contributed by atoms with Crippen LogP contribution in [0.3, 0.4) is 0 Å². The Balaban J connectivity index is 1.97. The number of ether oxygens (including phenoxy) is 2. The zero-order valence-corrected chi connectivity index (χ0v) is 7.49. The van der Waals surface area contributed by atoms with Crippen LogP contribution in [0.5, 0.6) is 0 Å². The van der Waals surface area contributed by atoms with E-state index in [4.69, 9.17) is 14.6 Å². The molecule has 2 atom stereocenters. The average molecular weight is 173 g/mol. The van der Waals surface area contributed by atoms with E-state index < -0.39 is 5.79 Å². The minimum Gasteiger partial charge on any atom is -0.381 e. The van der Waals surface area contributed by atoms with Crippen molar-refractivity contribution in [1.29, 1.82) is 0 Å². The van der Waals surface area contributed by atoms with Gasteiger partial charge in [-0.3, -0.25) is 4.90 Å². The highest BCUT2D eigenvalue weighted by Crippen LogP contribution is 2.32. The zero-order valence-electron chi connectivity index (χ0n) is 7.49. The van der Waals surface area contributed by atoms with Crippen LogP contribution >= 0.6 is 0 Å². The summed E-state index contributed by atoms with van der Waals surface area (Å²) in [5.41, 5.74) is 0. The number of nitrogens with zero attached hydrogens (tertiary/aromatic N) is 1. The number of fused-ring (bicyclic) bond motifs is 1. The molecule has 0 radical (unpaired) electrons. The molecular formula is C8H15NO3. The number of rotatable bonds is 1. The van der Waals surface area contributed by atoms with Gasteiger partial charge in [0.2, 0.25) is 0 Å². The highest BCUT2D eigenvalue weighted by molar-refractivity contribution is 4.91. The average Bonchev–Trinajstić information content (AvgIpc) is 2.40. The van der Waals surface area contributed by atoms with Crippen LogP contribution in [-0.4, -0.2) is 47.8 Å². The molecule has 2 heterocycles. The Morgan fingerprint density at radius 1 is 1.33 bits per heavy atom. The van der Waals surface area contributed by atoms with E-state index in [1.54, 1.807) is 0 Å². The molecule has 0 saturated carbocycles. The third-order valence-electron chi connectivity index (χ3n) is 2.36. The molecule has 0 aromatic heterocycles. The number of aliphatic hydroxyl groups excluding tert-OH is 1. The summed E-state index contributed by atoms with van der Waals surface area (Å²) in [4.78, 5) is 1.92. The lowest BCUT2D eigenvalue weighted by Gasteiger charge is -2.21. The molecule has 1 N–H and O–H groups in total. The van der Waals surface area contributed by atoms with Gasteiger partial charge in [0.15, 0.2) is 5.79 Å². The quantitative estimate of drug-likeness (QED) is 0.595. The first-order chi connectivity index (χ1) is 5.61. The predicted octanol–water partition coefficient (Wildman–Crippen LogP) is -0.228. The van der Waals surface area contributed by atoms with E-state index in [1.807, 2.05) is 18.7 Å². The Bertz CT molecular complexity index is 167. The fraction of sp³-hybridized carbons (Fsp3) is 1.00. The van der Waals surface area contributed by atoms with Crippen LogP contribution in [0, 0.1) is 0 Å². The van der Waals surface area contributed by atoms with Crippen molar-refractivity contribution in [1.82, 2.24) is 4.90 Å². The fourth-order valence-electron chi connectivity index (χ4n) is 1.92. The monoisotopic (exact) mass is 173 g/mol. The molecule has 70 valence electrons. The van der Waals surface area contributed by atoms with Gasteiger partial charge in [-0.05, 0) is 13.8 Å². The third kappa shape index (κ3) is 1.35. The molecule has 0 bridgehead atoms. The van der Waals surface area contributed by atoms with Crippen LogP contribution in [-0.2, 0) is 9.47 Å². The van der Waals surface area contributed by atoms with Crippen LogP contribution in [0.1, 0.15) is 13.8 Å². The summed E-state index contributed by atoms with van der Waals surface area (Å²) in [6, 6.07) is 0. The Morgan fingerprint density at radius 3 is 2.25 bits per heavy atom. The van der Waals surface area contributed by atoms with Gasteiger partial charge in [0, 0.05) is 13.1 Å². The van der Waals surface area contributed by atoms with Gasteiger partial charge < -0.3 is 14.6 Å². The second kappa shape index (κ2) is 2.67. The van der Waals surface area contributed by atoms with E-state index >= 15 is 0 Å². The van der Waals surface area contributed by atoms with Gasteiger partial charge in [-0.1, -0.05) is 0 Å². The third-order valence-corrected chi connectivity index (χ3v) is 2.36. The summed E-state index contributed by atoms with van der Waals surface area (Å²) in [6.07, 6.45) is 0.291. The fourth-order valence-corrected chi connectivity index (χ4v) is 1.92. The first-order valence-corrected chi connectivity index (χ1v) is 4.29. The van der Waals surface area contributed by atoms with Crippen molar-refractivity contribution in [2.45, 2.75) is 31.8 Å². The minimum absolute atomic E-state index is 0.0974. The van der Waals surface area contributed by atoms with Crippen molar-refractivity contribution in [3.63, 3.8) is 0 Å². The van der Waals surface area contributed by atoms with Gasteiger partial charge in [0.1, 0.15) is 12.2 Å². The van der Waals surface area contributed by atoms with Crippen LogP contribution in [0.15, 0.2) is 0 Å². The largest absolute Gasteiger partial charge is 0.381 e. The van der Waals surface area contributed by atoms with Crippen LogP contribution in [0.25, 0.3) is 0 Å². The molecule has 0 amide bonds. The van der Waals surface area contributed by atoms with E-state index in [1.165, 1.54) is 0 Å². The van der Waals surface area contributed by atoms with Crippen molar-refractivity contribution < 1.29 is 14.6 Å². The normalized spacial score (nSPS) is 40.2. The summed E-state index contributed by atoms with van der Waals surface area (Å²) in [6.45, 7) is 5.51. The van der Waals surface area contributed by atoms with Crippen molar-refractivity contribution in [3.05, 3.63) is 0 Å². The number of hydrogen-bond acceptors (Lipinski definition) is 4. The summed E-state index contributed by atoms with van der Waals surface area (Å²) < 4.78 is 11.3. The maximum Gasteiger partial charge on any atom is 0.163 e. The molecular weight excluding hydrogens is 158 g/mol. The predicted molar refractivity (Wildman–Crippen MR) is 42.5 cm³/mol. The summed E-state index contributed by atoms with van der Waals surface area (Å²) >= 11 is 0. The number of likely N-dealkylation sites (tertiary alicyclic amines) is 1. The molecule has 2 aliphatic rings. The van der Waals surface area contributed by atoms with Gasteiger partial charge in [-0.2, -0.15) is 0 Å². The van der Waals surface area contributed by atoms with Crippen LogP contribution in [0.2, 0.25) is 0 Å². The van der Waals surface area contributed by atoms with E-state index in [2.05, 4.69) is 0 Å². The van der Waals surface area contributed by atoms with Gasteiger partial charge in [0.25, 0.3) is 0 Å². The van der Waals surface area contributed by atoms with Crippen LogP contribution < -0.4 is 0 Å². The van der Waals surface area contributed by atoms with Crippen molar-refractivity contribution >= 4 is 0 Å². The van der Waals surface area contributed by atoms with Crippen LogP contribution in [0.4, 0.5) is 0 Å². The molecule has 4 heteroatoms. The Labute approximate surface area is 72.1 Å². The second-order valence-electron chi connectivity index (χ2n) is 3.89. The van der Waals surface area contributed by atoms with Gasteiger partial charge in [0.05, 0.1) is 6.73 Å². The number of hydrogen-bond donors (Lipinski definition) is 1. The van der Waals surface area contributed by atoms with E-state index in [-0.39, 0.29) is 18.9 Å². The van der Waals surface area contributed by atoms with Gasteiger partial charge in [-0.25, -0.2) is 0 Å². The highest BCUT2D eigenvalue weighted by atomic mass is 16.8. The first-order valence-electron chi connectivity index (χ1n) is 4.29. The maximum atomic E-state index is 8.87. The molecule has 0 spiro atoms. The molecule has 0 aromatic carbocycles. The Hall–Kier alpha value is -0.160. The maximum absolute atomic E-state index is 8.87. The lowest BCUT2D eigenvalue weighted by atomic mass is 10.3. The molecule has 2 aliphatic heterocycles. The Kier molecular flexibility index (Phi) is 1.88. The molecule has 2 rings (SSSR count). The van der Waals surface area contributed by atoms with Crippen molar-refractivity contribution in [3.8, 4) is 0 Å². The molecule has 12 heavy (non-hydrogen) atoms. The SMILES string of the molecule is CC1(C)OC2CN(CO)CC2O1. The minimum atomic E-state index is -0.434. The molecule has 2 unspecified atom stereocenters. The highest BCUT2D eigenvalue weighted by Gasteiger charge is 2.46. The van der Waals surface area contributed by atoms with E-state index in [0.29, 0.717) is 0 Å². The molecule has 2 saturated heterocycles. The van der Waals surface area contributed by atoms with Gasteiger partial charge in [-0.15, -0.1) is 0 Å². The standard InChI is InChI=1S/C8H15NO3/c1-8(2)11-6-3-9(5-10)4-7(6)12-8/h6-7,10H,3-5H2,1-2H3. The molecule has 0 aromatic rings. The molecule has 2 fully saturated rings. The van der Waals surface area contributed by atoms with E-state index in [9.17, 15) is 0 Å². The van der Waals surface area contributed by atoms with Crippen molar-refractivity contribution in [2.24, 2.45) is 0 Å². The molecule has 4 nitrogen and oxygen atoms in total. The lowest BCUT2D eigenvalue weighted by molar-refractivity contribution is -0.157. The Morgan fingerprint density at radius 2 is 1.83 bits per heavy atom. The smallest absolute Gasteiger partial charge is 0.163 e. The first kappa shape index (κ1) is 8.44. The van der Waals surface area contributed by atoms with Crippen molar-refractivity contribution in [2.75, 3.05) is 19.8 Å². The van der Waals surface area contributed by atoms with E-state index in [0.717, 1.165) is 13.1 Å². The second-order valence-corrected chi connectivity index (χ2v) is 3.89. The molecule has 0 aliphatic carbocycles. The summed E-state index contributed by atoms with van der Waals surface area (Å²) in [7, 11) is 0. The zero-order chi connectivity index (χ0) is 8.77.